The van der Waals surface area contributed by atoms with E-state index in [1.165, 1.54) is 0 Å². The van der Waals surface area contributed by atoms with Crippen molar-refractivity contribution in [3.63, 3.8) is 0 Å². The molecule has 0 aromatic heterocycles. The highest BCUT2D eigenvalue weighted by Gasteiger charge is 2.37. The first-order valence-electron chi connectivity index (χ1n) is 7.19. The number of aliphatic hydroxyl groups excluding tert-OH is 1. The topological polar surface area (TPSA) is 86.6 Å². The van der Waals surface area contributed by atoms with Crippen molar-refractivity contribution in [2.45, 2.75) is 52.1 Å². The molecule has 5 heteroatoms. The zero-order valence-electron chi connectivity index (χ0n) is 11.8. The van der Waals surface area contributed by atoms with E-state index in [0.29, 0.717) is 12.8 Å². The Balaban J connectivity index is 2.44. The molecule has 0 saturated heterocycles. The number of carbonyl (C=O) groups is 2. The summed E-state index contributed by atoms with van der Waals surface area (Å²) in [7, 11) is 0. The summed E-state index contributed by atoms with van der Waals surface area (Å²) >= 11 is 0. The highest BCUT2D eigenvalue weighted by Crippen LogP contribution is 2.32. The van der Waals surface area contributed by atoms with Gasteiger partial charge in [0.15, 0.2) is 0 Å². The Bertz CT molecular complexity index is 315. The number of nitrogens with one attached hydrogen (secondary N) is 1. The molecule has 1 aliphatic carbocycles. The first-order valence-corrected chi connectivity index (χ1v) is 7.19. The second kappa shape index (κ2) is 7.48. The lowest BCUT2D eigenvalue weighted by Gasteiger charge is -2.22. The molecule has 1 rings (SSSR count). The van der Waals surface area contributed by atoms with Gasteiger partial charge in [-0.25, -0.2) is 0 Å². The van der Waals surface area contributed by atoms with E-state index < -0.39 is 23.9 Å². The standard InChI is InChI=1S/C14H25NO4/c1-3-9(4-2)12(16)8-15-13(17)10-6-5-7-11(10)14(18)19/h9-12,16H,3-8H2,1-2H3,(H,15,17)(H,18,19)/t10-,11+,12?/m1/s1. The summed E-state index contributed by atoms with van der Waals surface area (Å²) in [6.45, 7) is 4.24. The number of carboxylic acids is 1. The van der Waals surface area contributed by atoms with Gasteiger partial charge in [0.2, 0.25) is 5.91 Å². The van der Waals surface area contributed by atoms with Crippen molar-refractivity contribution in [1.82, 2.24) is 5.32 Å². The number of amides is 1. The van der Waals surface area contributed by atoms with E-state index in [9.17, 15) is 14.7 Å². The predicted octanol–water partition coefficient (Wildman–Crippen LogP) is 1.40. The molecule has 0 radical (unpaired) electrons. The Labute approximate surface area is 114 Å². The minimum absolute atomic E-state index is 0.180. The third kappa shape index (κ3) is 4.20. The van der Waals surface area contributed by atoms with Crippen LogP contribution in [-0.2, 0) is 9.59 Å². The number of carboxylic acid groups (broad SMARTS) is 1. The molecule has 1 amide bonds. The van der Waals surface area contributed by atoms with Crippen LogP contribution in [0.5, 0.6) is 0 Å². The molecular weight excluding hydrogens is 246 g/mol. The lowest BCUT2D eigenvalue weighted by Crippen LogP contribution is -2.41. The first kappa shape index (κ1) is 16.0. The summed E-state index contributed by atoms with van der Waals surface area (Å²) in [4.78, 5) is 23.0. The van der Waals surface area contributed by atoms with Crippen LogP contribution in [0.15, 0.2) is 0 Å². The van der Waals surface area contributed by atoms with E-state index in [4.69, 9.17) is 5.11 Å². The van der Waals surface area contributed by atoms with Crippen molar-refractivity contribution in [3.05, 3.63) is 0 Å². The van der Waals surface area contributed by atoms with Gasteiger partial charge in [0, 0.05) is 6.54 Å². The predicted molar refractivity (Wildman–Crippen MR) is 71.6 cm³/mol. The maximum absolute atomic E-state index is 12.0. The van der Waals surface area contributed by atoms with Crippen molar-refractivity contribution in [1.29, 1.82) is 0 Å². The van der Waals surface area contributed by atoms with E-state index in [1.54, 1.807) is 0 Å². The summed E-state index contributed by atoms with van der Waals surface area (Å²) in [6, 6.07) is 0. The number of rotatable bonds is 7. The van der Waals surface area contributed by atoms with Gasteiger partial charge in [0.1, 0.15) is 0 Å². The van der Waals surface area contributed by atoms with E-state index in [2.05, 4.69) is 5.32 Å². The van der Waals surface area contributed by atoms with Crippen LogP contribution >= 0.6 is 0 Å². The Morgan fingerprint density at radius 2 is 1.79 bits per heavy atom. The number of carbonyl (C=O) groups excluding carboxylic acids is 1. The molecular formula is C14H25NO4. The zero-order valence-corrected chi connectivity index (χ0v) is 11.8. The molecule has 0 aromatic rings. The SMILES string of the molecule is CCC(CC)C(O)CNC(=O)[C@@H]1CCC[C@@H]1C(=O)O. The molecule has 3 N–H and O–H groups in total. The Morgan fingerprint density at radius 3 is 2.32 bits per heavy atom. The maximum atomic E-state index is 12.0. The third-order valence-corrected chi connectivity index (χ3v) is 4.25. The van der Waals surface area contributed by atoms with Crippen molar-refractivity contribution in [2.24, 2.45) is 17.8 Å². The smallest absolute Gasteiger partial charge is 0.307 e. The second-order valence-corrected chi connectivity index (χ2v) is 5.37. The van der Waals surface area contributed by atoms with E-state index in [1.807, 2.05) is 13.8 Å². The van der Waals surface area contributed by atoms with Crippen LogP contribution < -0.4 is 5.32 Å². The van der Waals surface area contributed by atoms with Gasteiger partial charge in [-0.3, -0.25) is 9.59 Å². The molecule has 5 nitrogen and oxygen atoms in total. The zero-order chi connectivity index (χ0) is 14.4. The van der Waals surface area contributed by atoms with Crippen molar-refractivity contribution < 1.29 is 19.8 Å². The number of aliphatic carboxylic acids is 1. The summed E-state index contributed by atoms with van der Waals surface area (Å²) in [5.74, 6) is -1.94. The Kier molecular flexibility index (Phi) is 6.28. The molecule has 1 unspecified atom stereocenters. The molecule has 3 atom stereocenters. The Hall–Kier alpha value is -1.10. The van der Waals surface area contributed by atoms with Crippen molar-refractivity contribution in [3.8, 4) is 0 Å². The summed E-state index contributed by atoms with van der Waals surface area (Å²) < 4.78 is 0. The molecule has 110 valence electrons. The summed E-state index contributed by atoms with van der Waals surface area (Å²) in [6.07, 6.45) is 3.17. The van der Waals surface area contributed by atoms with Crippen LogP contribution in [0.3, 0.4) is 0 Å². The van der Waals surface area contributed by atoms with Gasteiger partial charge in [-0.1, -0.05) is 33.1 Å². The fraction of sp³-hybridized carbons (Fsp3) is 0.857. The third-order valence-electron chi connectivity index (χ3n) is 4.25. The highest BCUT2D eigenvalue weighted by molar-refractivity contribution is 5.85. The van der Waals surface area contributed by atoms with Crippen molar-refractivity contribution >= 4 is 11.9 Å². The van der Waals surface area contributed by atoms with Gasteiger partial charge in [-0.05, 0) is 18.8 Å². The average Bonchev–Trinajstić information content (AvgIpc) is 2.86. The molecule has 1 saturated carbocycles. The minimum Gasteiger partial charge on any atom is -0.481 e. The number of hydrogen-bond donors (Lipinski definition) is 3. The average molecular weight is 271 g/mol. The first-order chi connectivity index (χ1) is 9.01. The lowest BCUT2D eigenvalue weighted by atomic mass is 9.94. The summed E-state index contributed by atoms with van der Waals surface area (Å²) in [5.41, 5.74) is 0. The van der Waals surface area contributed by atoms with E-state index in [-0.39, 0.29) is 18.4 Å². The Morgan fingerprint density at radius 1 is 1.21 bits per heavy atom. The quantitative estimate of drug-likeness (QED) is 0.653. The molecule has 1 fully saturated rings. The van der Waals surface area contributed by atoms with Crippen LogP contribution in [0.2, 0.25) is 0 Å². The normalized spacial score (nSPS) is 24.4. The van der Waals surface area contributed by atoms with Crippen LogP contribution in [0, 0.1) is 17.8 Å². The molecule has 1 aliphatic rings. The van der Waals surface area contributed by atoms with Gasteiger partial charge < -0.3 is 15.5 Å². The lowest BCUT2D eigenvalue weighted by molar-refractivity contribution is -0.146. The fourth-order valence-corrected chi connectivity index (χ4v) is 2.91. The van der Waals surface area contributed by atoms with Crippen molar-refractivity contribution in [2.75, 3.05) is 6.54 Å². The molecule has 0 aliphatic heterocycles. The van der Waals surface area contributed by atoms with Crippen LogP contribution in [-0.4, -0.2) is 34.7 Å². The monoisotopic (exact) mass is 271 g/mol. The molecule has 0 heterocycles. The number of aliphatic hydroxyl groups is 1. The largest absolute Gasteiger partial charge is 0.481 e. The minimum atomic E-state index is -0.891. The summed E-state index contributed by atoms with van der Waals surface area (Å²) in [5, 5.41) is 21.7. The van der Waals surface area contributed by atoms with Gasteiger partial charge in [-0.2, -0.15) is 0 Å². The molecule has 0 spiro atoms. The molecule has 19 heavy (non-hydrogen) atoms. The number of hydrogen-bond acceptors (Lipinski definition) is 3. The highest BCUT2D eigenvalue weighted by atomic mass is 16.4. The van der Waals surface area contributed by atoms with Gasteiger partial charge >= 0.3 is 5.97 Å². The van der Waals surface area contributed by atoms with Crippen LogP contribution in [0.25, 0.3) is 0 Å². The molecule has 0 aromatic carbocycles. The van der Waals surface area contributed by atoms with Crippen LogP contribution in [0.4, 0.5) is 0 Å². The maximum Gasteiger partial charge on any atom is 0.307 e. The fourth-order valence-electron chi connectivity index (χ4n) is 2.91. The van der Waals surface area contributed by atoms with Gasteiger partial charge in [0.05, 0.1) is 17.9 Å². The molecule has 0 bridgehead atoms. The van der Waals surface area contributed by atoms with Gasteiger partial charge in [0.25, 0.3) is 0 Å². The van der Waals surface area contributed by atoms with E-state index in [0.717, 1.165) is 19.3 Å². The van der Waals surface area contributed by atoms with E-state index >= 15 is 0 Å². The van der Waals surface area contributed by atoms with Crippen LogP contribution in [0.1, 0.15) is 46.0 Å². The second-order valence-electron chi connectivity index (χ2n) is 5.37. The van der Waals surface area contributed by atoms with Gasteiger partial charge in [-0.15, -0.1) is 0 Å².